The molecule has 3 atom stereocenters. The third-order valence-corrected chi connectivity index (χ3v) is 6.17. The topological polar surface area (TPSA) is 36.9 Å². The summed E-state index contributed by atoms with van der Waals surface area (Å²) < 4.78 is 25.4. The minimum Gasteiger partial charge on any atom is -0.374 e. The Morgan fingerprint density at radius 1 is 0.459 bits per heavy atom. The highest BCUT2D eigenvalue weighted by Crippen LogP contribution is 2.19. The number of benzene rings is 4. The monoisotopic (exact) mass is 496 g/mol. The predicted octanol–water partition coefficient (Wildman–Crippen LogP) is 6.98. The summed E-state index contributed by atoms with van der Waals surface area (Å²) in [6.07, 6.45) is -0.869. The van der Waals surface area contributed by atoms with Gasteiger partial charge in [0.05, 0.1) is 39.1 Å². The lowest BCUT2D eigenvalue weighted by Gasteiger charge is -2.32. The maximum absolute atomic E-state index is 6.50. The maximum Gasteiger partial charge on any atom is 0.112 e. The van der Waals surface area contributed by atoms with E-state index in [1.165, 1.54) is 0 Å². The largest absolute Gasteiger partial charge is 0.374 e. The van der Waals surface area contributed by atoms with Crippen LogP contribution in [-0.2, 0) is 45.4 Å². The summed E-state index contributed by atoms with van der Waals surface area (Å²) in [7, 11) is 0. The van der Waals surface area contributed by atoms with Crippen molar-refractivity contribution in [1.82, 2.24) is 0 Å². The lowest BCUT2D eigenvalue weighted by Crippen LogP contribution is -2.43. The molecule has 0 saturated heterocycles. The Kier molecular flexibility index (Phi) is 10.9. The molecule has 4 nitrogen and oxygen atoms in total. The Morgan fingerprint density at radius 2 is 0.838 bits per heavy atom. The first-order chi connectivity index (χ1) is 18.3. The van der Waals surface area contributed by atoms with Gasteiger partial charge in [-0.2, -0.15) is 0 Å². The molecular formula is C33H36O4. The zero-order valence-corrected chi connectivity index (χ0v) is 21.4. The van der Waals surface area contributed by atoms with Gasteiger partial charge < -0.3 is 18.9 Å². The Morgan fingerprint density at radius 3 is 1.30 bits per heavy atom. The van der Waals surface area contributed by atoms with Crippen LogP contribution in [-0.4, -0.2) is 24.9 Å². The Hall–Kier alpha value is -3.28. The van der Waals surface area contributed by atoms with Crippen molar-refractivity contribution in [2.24, 2.45) is 0 Å². The summed E-state index contributed by atoms with van der Waals surface area (Å²) >= 11 is 0. The summed E-state index contributed by atoms with van der Waals surface area (Å²) in [5.74, 6) is 0. The van der Waals surface area contributed by atoms with Crippen molar-refractivity contribution in [2.75, 3.05) is 6.61 Å². The van der Waals surface area contributed by atoms with Gasteiger partial charge in [0.25, 0.3) is 0 Å². The van der Waals surface area contributed by atoms with Crippen LogP contribution in [0, 0.1) is 0 Å². The molecule has 0 spiro atoms. The van der Waals surface area contributed by atoms with Gasteiger partial charge in [0.1, 0.15) is 12.2 Å². The van der Waals surface area contributed by atoms with Gasteiger partial charge in [0.2, 0.25) is 0 Å². The normalized spacial score (nSPS) is 13.6. The maximum atomic E-state index is 6.50. The lowest BCUT2D eigenvalue weighted by atomic mass is 10.1. The van der Waals surface area contributed by atoms with Gasteiger partial charge in [-0.05, 0) is 29.2 Å². The van der Waals surface area contributed by atoms with E-state index in [1.807, 2.05) is 72.8 Å². The highest BCUT2D eigenvalue weighted by atomic mass is 16.6. The Labute approximate surface area is 220 Å². The zero-order valence-electron chi connectivity index (χ0n) is 21.4. The van der Waals surface area contributed by atoms with Crippen molar-refractivity contribution in [1.29, 1.82) is 0 Å². The highest BCUT2D eigenvalue weighted by Gasteiger charge is 2.30. The molecule has 0 aromatic heterocycles. The SMILES string of the molecule is C[C@@H](OCc1ccccc1)[C@@H](OCc1ccccc1)[C@@H](COCc1ccccc1)OCc1ccccc1. The number of ether oxygens (including phenoxy) is 4. The first-order valence-electron chi connectivity index (χ1n) is 12.9. The molecule has 4 aromatic carbocycles. The summed E-state index contributed by atoms with van der Waals surface area (Å²) in [6.45, 7) is 4.39. The van der Waals surface area contributed by atoms with Gasteiger partial charge in [-0.15, -0.1) is 0 Å². The quantitative estimate of drug-likeness (QED) is 0.178. The summed E-state index contributed by atoms with van der Waals surface area (Å²) in [5, 5.41) is 0. The van der Waals surface area contributed by atoms with Crippen LogP contribution in [0.5, 0.6) is 0 Å². The van der Waals surface area contributed by atoms with Crippen molar-refractivity contribution in [3.8, 4) is 0 Å². The second-order valence-electron chi connectivity index (χ2n) is 9.10. The molecule has 0 amide bonds. The van der Waals surface area contributed by atoms with Crippen LogP contribution >= 0.6 is 0 Å². The van der Waals surface area contributed by atoms with Crippen LogP contribution in [0.1, 0.15) is 29.2 Å². The lowest BCUT2D eigenvalue weighted by molar-refractivity contribution is -0.163. The van der Waals surface area contributed by atoms with E-state index >= 15 is 0 Å². The molecule has 0 unspecified atom stereocenters. The van der Waals surface area contributed by atoms with Crippen LogP contribution < -0.4 is 0 Å². The fraction of sp³-hybridized carbons (Fsp3) is 0.273. The zero-order chi connectivity index (χ0) is 25.5. The van der Waals surface area contributed by atoms with E-state index in [1.54, 1.807) is 0 Å². The Balaban J connectivity index is 1.47. The molecule has 4 aromatic rings. The first kappa shape index (κ1) is 26.8. The first-order valence-corrected chi connectivity index (χ1v) is 12.9. The molecule has 0 aliphatic carbocycles. The average Bonchev–Trinajstić information content (AvgIpc) is 2.96. The van der Waals surface area contributed by atoms with E-state index in [9.17, 15) is 0 Å². The van der Waals surface area contributed by atoms with Crippen molar-refractivity contribution < 1.29 is 18.9 Å². The number of rotatable bonds is 15. The molecule has 0 aliphatic rings. The van der Waals surface area contributed by atoms with E-state index in [0.717, 1.165) is 22.3 Å². The van der Waals surface area contributed by atoms with Gasteiger partial charge in [0.15, 0.2) is 0 Å². The van der Waals surface area contributed by atoms with Gasteiger partial charge in [-0.25, -0.2) is 0 Å². The third kappa shape index (κ3) is 9.27. The molecule has 0 aliphatic heterocycles. The second-order valence-corrected chi connectivity index (χ2v) is 9.10. The van der Waals surface area contributed by atoms with E-state index in [2.05, 4.69) is 55.5 Å². The van der Waals surface area contributed by atoms with E-state index in [-0.39, 0.29) is 18.3 Å². The summed E-state index contributed by atoms with van der Waals surface area (Å²) in [6, 6.07) is 40.8. The molecule has 0 bridgehead atoms. The van der Waals surface area contributed by atoms with Crippen LogP contribution in [0.4, 0.5) is 0 Å². The smallest absolute Gasteiger partial charge is 0.112 e. The van der Waals surface area contributed by atoms with Gasteiger partial charge >= 0.3 is 0 Å². The molecule has 0 saturated carbocycles. The molecule has 0 N–H and O–H groups in total. The van der Waals surface area contributed by atoms with Crippen molar-refractivity contribution in [3.63, 3.8) is 0 Å². The molecule has 4 heteroatoms. The van der Waals surface area contributed by atoms with Crippen LogP contribution in [0.2, 0.25) is 0 Å². The van der Waals surface area contributed by atoms with Crippen LogP contribution in [0.3, 0.4) is 0 Å². The fourth-order valence-electron chi connectivity index (χ4n) is 4.09. The highest BCUT2D eigenvalue weighted by molar-refractivity contribution is 5.16. The number of hydrogen-bond donors (Lipinski definition) is 0. The Bertz CT molecular complexity index is 1120. The molecule has 4 rings (SSSR count). The molecular weight excluding hydrogens is 460 g/mol. The van der Waals surface area contributed by atoms with Crippen LogP contribution in [0.25, 0.3) is 0 Å². The third-order valence-electron chi connectivity index (χ3n) is 6.17. The van der Waals surface area contributed by atoms with Crippen LogP contribution in [0.15, 0.2) is 121 Å². The molecule has 0 fully saturated rings. The number of hydrogen-bond acceptors (Lipinski definition) is 4. The van der Waals surface area contributed by atoms with E-state index < -0.39 is 0 Å². The van der Waals surface area contributed by atoms with Gasteiger partial charge in [0, 0.05) is 0 Å². The summed E-state index contributed by atoms with van der Waals surface area (Å²) in [4.78, 5) is 0. The van der Waals surface area contributed by atoms with Crippen molar-refractivity contribution in [3.05, 3.63) is 144 Å². The summed E-state index contributed by atoms with van der Waals surface area (Å²) in [5.41, 5.74) is 4.46. The van der Waals surface area contributed by atoms with E-state index in [0.29, 0.717) is 33.0 Å². The molecule has 192 valence electrons. The van der Waals surface area contributed by atoms with E-state index in [4.69, 9.17) is 18.9 Å². The van der Waals surface area contributed by atoms with Crippen molar-refractivity contribution >= 4 is 0 Å². The average molecular weight is 497 g/mol. The van der Waals surface area contributed by atoms with Gasteiger partial charge in [-0.1, -0.05) is 121 Å². The molecule has 0 heterocycles. The predicted molar refractivity (Wildman–Crippen MR) is 147 cm³/mol. The minimum absolute atomic E-state index is 0.218. The minimum atomic E-state index is -0.330. The van der Waals surface area contributed by atoms with Gasteiger partial charge in [-0.3, -0.25) is 0 Å². The molecule has 0 radical (unpaired) electrons. The second kappa shape index (κ2) is 15.1. The standard InChI is InChI=1S/C33H36O4/c1-27(35-23-29-16-8-3-9-17-29)33(37-25-31-20-12-5-13-21-31)32(36-24-30-18-10-4-11-19-30)26-34-22-28-14-6-2-7-15-28/h2-21,27,32-33H,22-26H2,1H3/t27-,32-,33-/m1/s1. The fourth-order valence-corrected chi connectivity index (χ4v) is 4.09. The molecule has 37 heavy (non-hydrogen) atoms. The van der Waals surface area contributed by atoms with Crippen molar-refractivity contribution in [2.45, 2.75) is 51.7 Å².